The normalized spacial score (nSPS) is 11.0. The Morgan fingerprint density at radius 2 is 1.59 bits per heavy atom. The van der Waals surface area contributed by atoms with Crippen molar-refractivity contribution in [2.24, 2.45) is 0 Å². The SMILES string of the molecule is CCC(=O)c1c(-c2ccccc2)c2cc(Cl)ccc2c(=O)n1Cc1ccc(CCC(=O)O)cc1. The zero-order chi connectivity index (χ0) is 24.2. The minimum absolute atomic E-state index is 0.0572. The summed E-state index contributed by atoms with van der Waals surface area (Å²) in [6.45, 7) is 2.00. The predicted molar refractivity (Wildman–Crippen MR) is 135 cm³/mol. The number of ketones is 1. The van der Waals surface area contributed by atoms with Crippen LogP contribution in [0.5, 0.6) is 0 Å². The van der Waals surface area contributed by atoms with Crippen molar-refractivity contribution >= 4 is 34.1 Å². The number of hydrogen-bond donors (Lipinski definition) is 1. The van der Waals surface area contributed by atoms with Crippen LogP contribution in [0, 0.1) is 0 Å². The van der Waals surface area contributed by atoms with E-state index in [0.717, 1.165) is 16.7 Å². The van der Waals surface area contributed by atoms with Crippen molar-refractivity contribution in [1.82, 2.24) is 4.57 Å². The second-order valence-electron chi connectivity index (χ2n) is 8.16. The molecule has 1 N–H and O–H groups in total. The number of fused-ring (bicyclic) bond motifs is 1. The molecule has 0 fully saturated rings. The summed E-state index contributed by atoms with van der Waals surface area (Å²) in [5.41, 5.74) is 3.40. The third-order valence-electron chi connectivity index (χ3n) is 5.87. The molecular formula is C28H24ClNO4. The first-order chi connectivity index (χ1) is 16.4. The number of pyridine rings is 1. The first kappa shape index (κ1) is 23.5. The van der Waals surface area contributed by atoms with E-state index in [1.54, 1.807) is 29.7 Å². The number of halogens is 1. The summed E-state index contributed by atoms with van der Waals surface area (Å²) in [5.74, 6) is -0.973. The summed E-state index contributed by atoms with van der Waals surface area (Å²) >= 11 is 6.30. The molecular weight excluding hydrogens is 450 g/mol. The Bertz CT molecular complexity index is 1420. The third kappa shape index (κ3) is 4.80. The highest BCUT2D eigenvalue weighted by atomic mass is 35.5. The van der Waals surface area contributed by atoms with Crippen LogP contribution in [0.3, 0.4) is 0 Å². The molecule has 0 aliphatic carbocycles. The van der Waals surface area contributed by atoms with Crippen LogP contribution < -0.4 is 5.56 Å². The fraction of sp³-hybridized carbons (Fsp3) is 0.179. The zero-order valence-electron chi connectivity index (χ0n) is 18.8. The van der Waals surface area contributed by atoms with Gasteiger partial charge in [0.25, 0.3) is 5.56 Å². The number of carbonyl (C=O) groups excluding carboxylic acids is 1. The molecule has 0 saturated heterocycles. The van der Waals surface area contributed by atoms with E-state index in [1.165, 1.54) is 0 Å². The number of benzene rings is 3. The van der Waals surface area contributed by atoms with Gasteiger partial charge in [0.2, 0.25) is 0 Å². The molecule has 0 aliphatic rings. The topological polar surface area (TPSA) is 76.4 Å². The van der Waals surface area contributed by atoms with Gasteiger partial charge in [-0.05, 0) is 46.7 Å². The Hall–Kier alpha value is -3.70. The molecule has 0 unspecified atom stereocenters. The summed E-state index contributed by atoms with van der Waals surface area (Å²) < 4.78 is 1.55. The maximum absolute atomic E-state index is 13.6. The molecule has 1 aromatic heterocycles. The fourth-order valence-corrected chi connectivity index (χ4v) is 4.34. The second-order valence-corrected chi connectivity index (χ2v) is 8.59. The molecule has 6 heteroatoms. The van der Waals surface area contributed by atoms with Crippen LogP contribution >= 0.6 is 11.6 Å². The molecule has 4 rings (SSSR count). The molecule has 0 amide bonds. The molecule has 172 valence electrons. The van der Waals surface area contributed by atoms with Crippen LogP contribution in [0.4, 0.5) is 0 Å². The Morgan fingerprint density at radius 1 is 0.912 bits per heavy atom. The molecule has 3 aromatic carbocycles. The van der Waals surface area contributed by atoms with Gasteiger partial charge in [-0.15, -0.1) is 0 Å². The molecule has 0 bridgehead atoms. The molecule has 0 atom stereocenters. The number of hydrogen-bond acceptors (Lipinski definition) is 3. The zero-order valence-corrected chi connectivity index (χ0v) is 19.5. The Balaban J connectivity index is 1.92. The van der Waals surface area contributed by atoms with Crippen molar-refractivity contribution < 1.29 is 14.7 Å². The van der Waals surface area contributed by atoms with Crippen LogP contribution in [-0.4, -0.2) is 21.4 Å². The minimum atomic E-state index is -0.844. The molecule has 0 radical (unpaired) electrons. The summed E-state index contributed by atoms with van der Waals surface area (Å²) in [6, 6.07) is 22.2. The Kier molecular flexibility index (Phi) is 6.94. The lowest BCUT2D eigenvalue weighted by Crippen LogP contribution is -2.28. The van der Waals surface area contributed by atoms with E-state index in [2.05, 4.69) is 0 Å². The standard InChI is InChI=1S/C28H24ClNO4/c1-2-24(31)27-26(20-6-4-3-5-7-20)23-16-21(29)13-14-22(23)28(34)30(27)17-19-10-8-18(9-11-19)12-15-25(32)33/h3-11,13-14,16H,2,12,15,17H2,1H3,(H,32,33). The fourth-order valence-electron chi connectivity index (χ4n) is 4.17. The van der Waals surface area contributed by atoms with Gasteiger partial charge < -0.3 is 5.11 Å². The van der Waals surface area contributed by atoms with Crippen LogP contribution in [0.2, 0.25) is 5.02 Å². The van der Waals surface area contributed by atoms with Gasteiger partial charge in [-0.25, -0.2) is 0 Å². The highest BCUT2D eigenvalue weighted by Crippen LogP contribution is 2.33. The summed E-state index contributed by atoms with van der Waals surface area (Å²) in [4.78, 5) is 37.7. The minimum Gasteiger partial charge on any atom is -0.481 e. The number of carboxylic acids is 1. The average Bonchev–Trinajstić information content (AvgIpc) is 2.85. The van der Waals surface area contributed by atoms with E-state index < -0.39 is 5.97 Å². The van der Waals surface area contributed by atoms with Crippen LogP contribution in [0.15, 0.2) is 77.6 Å². The number of aliphatic carboxylic acids is 1. The van der Waals surface area contributed by atoms with Gasteiger partial charge >= 0.3 is 5.97 Å². The monoisotopic (exact) mass is 473 g/mol. The summed E-state index contributed by atoms with van der Waals surface area (Å²) in [6.07, 6.45) is 0.741. The van der Waals surface area contributed by atoms with E-state index >= 15 is 0 Å². The van der Waals surface area contributed by atoms with Crippen molar-refractivity contribution in [2.45, 2.75) is 32.7 Å². The van der Waals surface area contributed by atoms with Crippen LogP contribution in [0.1, 0.15) is 41.4 Å². The van der Waals surface area contributed by atoms with E-state index in [-0.39, 0.29) is 30.7 Å². The van der Waals surface area contributed by atoms with E-state index in [9.17, 15) is 14.4 Å². The Morgan fingerprint density at radius 3 is 2.24 bits per heavy atom. The summed E-state index contributed by atoms with van der Waals surface area (Å²) in [7, 11) is 0. The molecule has 0 saturated carbocycles. The Labute approximate surface area is 202 Å². The lowest BCUT2D eigenvalue weighted by atomic mass is 9.94. The molecule has 0 aliphatic heterocycles. The van der Waals surface area contributed by atoms with E-state index in [0.29, 0.717) is 33.5 Å². The molecule has 34 heavy (non-hydrogen) atoms. The largest absolute Gasteiger partial charge is 0.481 e. The van der Waals surface area contributed by atoms with Crippen molar-refractivity contribution in [3.63, 3.8) is 0 Å². The van der Waals surface area contributed by atoms with Gasteiger partial charge in [-0.2, -0.15) is 0 Å². The third-order valence-corrected chi connectivity index (χ3v) is 6.11. The second kappa shape index (κ2) is 10.1. The quantitative estimate of drug-likeness (QED) is 0.319. The van der Waals surface area contributed by atoms with E-state index in [4.69, 9.17) is 16.7 Å². The van der Waals surface area contributed by atoms with Crippen molar-refractivity contribution in [3.8, 4) is 11.1 Å². The summed E-state index contributed by atoms with van der Waals surface area (Å²) in [5, 5.41) is 10.5. The number of nitrogens with zero attached hydrogens (tertiary/aromatic N) is 1. The van der Waals surface area contributed by atoms with Crippen molar-refractivity contribution in [1.29, 1.82) is 0 Å². The van der Waals surface area contributed by atoms with E-state index in [1.807, 2.05) is 54.6 Å². The lowest BCUT2D eigenvalue weighted by Gasteiger charge is -2.19. The average molecular weight is 474 g/mol. The predicted octanol–water partition coefficient (Wildman–Crippen LogP) is 5.98. The van der Waals surface area contributed by atoms with Gasteiger partial charge in [-0.1, -0.05) is 73.1 Å². The number of carboxylic acid groups (broad SMARTS) is 1. The highest BCUT2D eigenvalue weighted by Gasteiger charge is 2.22. The first-order valence-corrected chi connectivity index (χ1v) is 11.5. The van der Waals surface area contributed by atoms with Gasteiger partial charge in [0.15, 0.2) is 5.78 Å². The van der Waals surface area contributed by atoms with Gasteiger partial charge in [0, 0.05) is 28.8 Å². The molecule has 0 spiro atoms. The van der Waals surface area contributed by atoms with Crippen molar-refractivity contribution in [3.05, 3.63) is 105 Å². The van der Waals surface area contributed by atoms with Gasteiger partial charge in [-0.3, -0.25) is 19.0 Å². The maximum atomic E-state index is 13.6. The molecule has 5 nitrogen and oxygen atoms in total. The lowest BCUT2D eigenvalue weighted by molar-refractivity contribution is -0.136. The molecule has 1 heterocycles. The number of rotatable bonds is 8. The number of Topliss-reactive ketones (excluding diaryl/α,β-unsaturated/α-hetero) is 1. The van der Waals surface area contributed by atoms with Crippen LogP contribution in [0.25, 0.3) is 21.9 Å². The highest BCUT2D eigenvalue weighted by molar-refractivity contribution is 6.31. The maximum Gasteiger partial charge on any atom is 0.303 e. The van der Waals surface area contributed by atoms with Gasteiger partial charge in [0.1, 0.15) is 0 Å². The van der Waals surface area contributed by atoms with Gasteiger partial charge in [0.05, 0.1) is 12.2 Å². The number of aryl methyl sites for hydroxylation is 1. The van der Waals surface area contributed by atoms with Crippen molar-refractivity contribution in [2.75, 3.05) is 0 Å². The first-order valence-electron chi connectivity index (χ1n) is 11.1. The number of carbonyl (C=O) groups is 2. The van der Waals surface area contributed by atoms with Crippen LogP contribution in [-0.2, 0) is 17.8 Å². The number of aromatic nitrogens is 1. The molecule has 4 aromatic rings. The smallest absolute Gasteiger partial charge is 0.303 e.